The second-order valence-electron chi connectivity index (χ2n) is 3.24. The van der Waals surface area contributed by atoms with E-state index in [2.05, 4.69) is 5.32 Å². The molecule has 3 heteroatoms. The zero-order valence-corrected chi connectivity index (χ0v) is 8.86. The van der Waals surface area contributed by atoms with Crippen molar-refractivity contribution in [3.63, 3.8) is 0 Å². The molecule has 0 aliphatic heterocycles. The number of nitrogens with one attached hydrogen (secondary N) is 1. The van der Waals surface area contributed by atoms with Gasteiger partial charge in [-0.1, -0.05) is 12.1 Å². The molecule has 0 aromatic heterocycles. The molecule has 0 atom stereocenters. The highest BCUT2D eigenvalue weighted by molar-refractivity contribution is 5.39. The minimum atomic E-state index is -0.249. The molecule has 0 bridgehead atoms. The molecule has 0 saturated carbocycles. The Labute approximate surface area is 84.1 Å². The summed E-state index contributed by atoms with van der Waals surface area (Å²) < 4.78 is 18.6. The Kier molecular flexibility index (Phi) is 3.89. The van der Waals surface area contributed by atoms with Crippen LogP contribution in [0.4, 0.5) is 4.39 Å². The summed E-state index contributed by atoms with van der Waals surface area (Å²) in [5.74, 6) is 0.126. The number of halogens is 1. The first kappa shape index (κ1) is 11.0. The molecule has 14 heavy (non-hydrogen) atoms. The zero-order valence-electron chi connectivity index (χ0n) is 8.86. The fraction of sp³-hybridized carbons (Fsp3) is 0.455. The maximum Gasteiger partial charge on any atom is 0.168 e. The maximum absolute atomic E-state index is 13.5. The lowest BCUT2D eigenvalue weighted by Gasteiger charge is -2.10. The highest BCUT2D eigenvalue weighted by atomic mass is 19.1. The first-order valence-corrected chi connectivity index (χ1v) is 4.67. The van der Waals surface area contributed by atoms with Crippen LogP contribution in [-0.4, -0.2) is 20.7 Å². The van der Waals surface area contributed by atoms with E-state index in [9.17, 15) is 4.39 Å². The lowest BCUT2D eigenvalue weighted by Crippen LogP contribution is -2.11. The number of ether oxygens (including phenoxy) is 1. The van der Waals surface area contributed by atoms with Gasteiger partial charge in [0.2, 0.25) is 0 Å². The Morgan fingerprint density at radius 1 is 1.43 bits per heavy atom. The van der Waals surface area contributed by atoms with Crippen molar-refractivity contribution >= 4 is 0 Å². The molecule has 0 saturated heterocycles. The van der Waals surface area contributed by atoms with Crippen LogP contribution < -0.4 is 10.1 Å². The van der Waals surface area contributed by atoms with Crippen molar-refractivity contribution in [1.29, 1.82) is 0 Å². The molecule has 0 fully saturated rings. The molecule has 1 rings (SSSR count). The third kappa shape index (κ3) is 2.23. The number of rotatable bonds is 4. The summed E-state index contributed by atoms with van der Waals surface area (Å²) in [4.78, 5) is 0. The van der Waals surface area contributed by atoms with Crippen molar-refractivity contribution in [2.75, 3.05) is 20.7 Å². The van der Waals surface area contributed by atoms with Crippen LogP contribution in [0.25, 0.3) is 0 Å². The van der Waals surface area contributed by atoms with Crippen molar-refractivity contribution in [3.8, 4) is 5.75 Å². The summed E-state index contributed by atoms with van der Waals surface area (Å²) in [7, 11) is 3.37. The summed E-state index contributed by atoms with van der Waals surface area (Å²) in [5.41, 5.74) is 1.53. The van der Waals surface area contributed by atoms with Crippen molar-refractivity contribution in [2.45, 2.75) is 13.3 Å². The van der Waals surface area contributed by atoms with E-state index in [1.165, 1.54) is 7.11 Å². The van der Waals surface area contributed by atoms with Gasteiger partial charge in [0, 0.05) is 0 Å². The van der Waals surface area contributed by atoms with Crippen LogP contribution in [-0.2, 0) is 6.42 Å². The molecule has 0 spiro atoms. The lowest BCUT2D eigenvalue weighted by atomic mass is 10.1. The Bertz CT molecular complexity index is 312. The van der Waals surface area contributed by atoms with Gasteiger partial charge in [-0.3, -0.25) is 0 Å². The van der Waals surface area contributed by atoms with E-state index in [1.54, 1.807) is 13.0 Å². The van der Waals surface area contributed by atoms with Crippen LogP contribution in [0.2, 0.25) is 0 Å². The van der Waals surface area contributed by atoms with Gasteiger partial charge in [-0.25, -0.2) is 4.39 Å². The first-order chi connectivity index (χ1) is 6.70. The van der Waals surface area contributed by atoms with E-state index in [1.807, 2.05) is 13.1 Å². The van der Waals surface area contributed by atoms with Gasteiger partial charge in [0.25, 0.3) is 0 Å². The van der Waals surface area contributed by atoms with Crippen LogP contribution >= 0.6 is 0 Å². The number of hydrogen-bond donors (Lipinski definition) is 1. The Hall–Kier alpha value is -1.09. The molecule has 2 nitrogen and oxygen atoms in total. The molecule has 1 aromatic carbocycles. The number of likely N-dealkylation sites (N-methyl/N-ethyl adjacent to an activating group) is 1. The first-order valence-electron chi connectivity index (χ1n) is 4.67. The summed E-state index contributed by atoms with van der Waals surface area (Å²) in [5, 5.41) is 3.02. The summed E-state index contributed by atoms with van der Waals surface area (Å²) in [6.45, 7) is 2.55. The third-order valence-corrected chi connectivity index (χ3v) is 2.22. The number of aryl methyl sites for hydroxylation is 1. The highest BCUT2D eigenvalue weighted by Crippen LogP contribution is 2.25. The smallest absolute Gasteiger partial charge is 0.168 e. The van der Waals surface area contributed by atoms with E-state index in [0.29, 0.717) is 11.3 Å². The van der Waals surface area contributed by atoms with E-state index in [-0.39, 0.29) is 5.82 Å². The molecule has 78 valence electrons. The van der Waals surface area contributed by atoms with Crippen molar-refractivity contribution < 1.29 is 9.13 Å². The third-order valence-electron chi connectivity index (χ3n) is 2.22. The average molecular weight is 197 g/mol. The molecular formula is C11H16FNO. The number of benzene rings is 1. The molecule has 0 aliphatic carbocycles. The van der Waals surface area contributed by atoms with E-state index >= 15 is 0 Å². The molecule has 1 N–H and O–H groups in total. The molecule has 1 aromatic rings. The standard InChI is InChI=1S/C11H16FNO/c1-8-4-5-9(6-7-13-2)11(14-3)10(8)12/h4-5,13H,6-7H2,1-3H3. The predicted molar refractivity (Wildman–Crippen MR) is 55.3 cm³/mol. The molecule has 0 unspecified atom stereocenters. The van der Waals surface area contributed by atoms with Crippen LogP contribution in [0.15, 0.2) is 12.1 Å². The normalized spacial score (nSPS) is 10.3. The maximum atomic E-state index is 13.5. The van der Waals surface area contributed by atoms with Gasteiger partial charge < -0.3 is 10.1 Å². The van der Waals surface area contributed by atoms with Crippen molar-refractivity contribution in [2.24, 2.45) is 0 Å². The Morgan fingerprint density at radius 2 is 2.14 bits per heavy atom. The lowest BCUT2D eigenvalue weighted by molar-refractivity contribution is 0.379. The second-order valence-corrected chi connectivity index (χ2v) is 3.24. The van der Waals surface area contributed by atoms with Crippen LogP contribution in [0.1, 0.15) is 11.1 Å². The van der Waals surface area contributed by atoms with Gasteiger partial charge in [0.15, 0.2) is 11.6 Å². The van der Waals surface area contributed by atoms with Crippen molar-refractivity contribution in [3.05, 3.63) is 29.1 Å². The molecular weight excluding hydrogens is 181 g/mol. The summed E-state index contributed by atoms with van der Waals surface area (Å²) in [6, 6.07) is 3.69. The number of methoxy groups -OCH3 is 1. The average Bonchev–Trinajstić information content (AvgIpc) is 2.20. The molecule has 0 aliphatic rings. The van der Waals surface area contributed by atoms with Crippen LogP contribution in [0.5, 0.6) is 5.75 Å². The molecule has 0 heterocycles. The van der Waals surface area contributed by atoms with Gasteiger partial charge in [0.05, 0.1) is 7.11 Å². The van der Waals surface area contributed by atoms with Crippen molar-refractivity contribution in [1.82, 2.24) is 5.32 Å². The van der Waals surface area contributed by atoms with Gasteiger partial charge in [-0.15, -0.1) is 0 Å². The molecule has 0 amide bonds. The monoisotopic (exact) mass is 197 g/mol. The van der Waals surface area contributed by atoms with E-state index < -0.39 is 0 Å². The molecule has 0 radical (unpaired) electrons. The fourth-order valence-corrected chi connectivity index (χ4v) is 1.37. The van der Waals surface area contributed by atoms with E-state index in [0.717, 1.165) is 18.5 Å². The van der Waals surface area contributed by atoms with Crippen LogP contribution in [0, 0.1) is 12.7 Å². The zero-order chi connectivity index (χ0) is 10.6. The Morgan fingerprint density at radius 3 is 2.71 bits per heavy atom. The second kappa shape index (κ2) is 4.96. The topological polar surface area (TPSA) is 21.3 Å². The fourth-order valence-electron chi connectivity index (χ4n) is 1.37. The van der Waals surface area contributed by atoms with Crippen LogP contribution in [0.3, 0.4) is 0 Å². The van der Waals surface area contributed by atoms with Gasteiger partial charge in [0.1, 0.15) is 0 Å². The van der Waals surface area contributed by atoms with E-state index in [4.69, 9.17) is 4.74 Å². The number of hydrogen-bond acceptors (Lipinski definition) is 2. The predicted octanol–water partition coefficient (Wildman–Crippen LogP) is 1.90. The van der Waals surface area contributed by atoms with Gasteiger partial charge in [-0.05, 0) is 38.1 Å². The highest BCUT2D eigenvalue weighted by Gasteiger charge is 2.10. The minimum Gasteiger partial charge on any atom is -0.493 e. The van der Waals surface area contributed by atoms with Gasteiger partial charge in [-0.2, -0.15) is 0 Å². The largest absolute Gasteiger partial charge is 0.493 e. The minimum absolute atomic E-state index is 0.249. The Balaban J connectivity index is 2.98. The quantitative estimate of drug-likeness (QED) is 0.796. The van der Waals surface area contributed by atoms with Gasteiger partial charge >= 0.3 is 0 Å². The summed E-state index contributed by atoms with van der Waals surface area (Å²) in [6.07, 6.45) is 0.775. The summed E-state index contributed by atoms with van der Waals surface area (Å²) >= 11 is 0. The SMILES string of the molecule is CNCCc1ccc(C)c(F)c1OC.